The van der Waals surface area contributed by atoms with Crippen LogP contribution >= 0.6 is 7.82 Å². The van der Waals surface area contributed by atoms with Crippen molar-refractivity contribution in [1.29, 1.82) is 0 Å². The van der Waals surface area contributed by atoms with E-state index >= 15 is 0 Å². The van der Waals surface area contributed by atoms with E-state index in [0.29, 0.717) is 30.9 Å². The molecule has 336 valence electrons. The molecule has 1 atom stereocenters. The molecule has 12 heteroatoms. The number of rotatable bonds is 41. The summed E-state index contributed by atoms with van der Waals surface area (Å²) in [4.78, 5) is 56.5. The van der Waals surface area contributed by atoms with Crippen LogP contribution in [0.25, 0.3) is 0 Å². The molecule has 0 aliphatic carbocycles. The van der Waals surface area contributed by atoms with Gasteiger partial charge < -0.3 is 29.3 Å². The third-order valence-electron chi connectivity index (χ3n) is 10.4. The molecule has 0 bridgehead atoms. The topological polar surface area (TPSA) is 158 Å². The molecule has 0 aromatic heterocycles. The lowest BCUT2D eigenvalue weighted by atomic mass is 10.1. The standard InChI is InChI=1S/C46H82NO10P/c1-3-5-7-9-11-13-15-17-19-21-23-28-38-55-44(48)36-35-43(46(50)56-39-29-24-22-20-18-16-14-12-10-8-6-4-2)47-45(49)41-31-33-42(34-32-41)54-37-27-25-26-30-40-57-58(51,52)53/h31-34,43H,3-30,35-40H2,1-2H3,(H,47,49)(H2,51,52,53)/t43-/m0/s1. The molecule has 0 heterocycles. The molecule has 1 rings (SSSR count). The highest BCUT2D eigenvalue weighted by Gasteiger charge is 2.24. The molecule has 0 aliphatic rings. The van der Waals surface area contributed by atoms with Crippen LogP contribution in [0.2, 0.25) is 0 Å². The van der Waals surface area contributed by atoms with Crippen molar-refractivity contribution in [3.05, 3.63) is 29.8 Å². The Morgan fingerprint density at radius 3 is 1.40 bits per heavy atom. The fourth-order valence-corrected chi connectivity index (χ4v) is 7.17. The van der Waals surface area contributed by atoms with Gasteiger partial charge in [0, 0.05) is 12.0 Å². The number of phosphoric ester groups is 1. The van der Waals surface area contributed by atoms with Crippen molar-refractivity contribution in [2.24, 2.45) is 0 Å². The first-order chi connectivity index (χ1) is 28.2. The molecule has 58 heavy (non-hydrogen) atoms. The lowest BCUT2D eigenvalue weighted by molar-refractivity contribution is -0.147. The molecule has 1 aromatic rings. The highest BCUT2D eigenvalue weighted by Crippen LogP contribution is 2.35. The summed E-state index contributed by atoms with van der Waals surface area (Å²) in [6.45, 7) is 5.59. The van der Waals surface area contributed by atoms with E-state index in [1.807, 2.05) is 0 Å². The van der Waals surface area contributed by atoms with Crippen LogP contribution in [-0.2, 0) is 28.2 Å². The number of amides is 1. The van der Waals surface area contributed by atoms with Gasteiger partial charge in [0.1, 0.15) is 11.8 Å². The van der Waals surface area contributed by atoms with Crippen LogP contribution in [0.3, 0.4) is 0 Å². The van der Waals surface area contributed by atoms with Gasteiger partial charge in [0.25, 0.3) is 5.91 Å². The predicted molar refractivity (Wildman–Crippen MR) is 233 cm³/mol. The summed E-state index contributed by atoms with van der Waals surface area (Å²) in [5, 5.41) is 2.79. The predicted octanol–water partition coefficient (Wildman–Crippen LogP) is 12.1. The molecule has 1 aromatic carbocycles. The zero-order valence-electron chi connectivity index (χ0n) is 36.5. The highest BCUT2D eigenvalue weighted by molar-refractivity contribution is 7.46. The Balaban J connectivity index is 2.47. The number of carbonyl (C=O) groups excluding carboxylic acids is 3. The van der Waals surface area contributed by atoms with E-state index < -0.39 is 25.7 Å². The van der Waals surface area contributed by atoms with Crippen molar-refractivity contribution >= 4 is 25.7 Å². The summed E-state index contributed by atoms with van der Waals surface area (Å²) >= 11 is 0. The minimum absolute atomic E-state index is 0.000379. The quantitative estimate of drug-likeness (QED) is 0.0329. The minimum Gasteiger partial charge on any atom is -0.494 e. The van der Waals surface area contributed by atoms with Crippen LogP contribution in [-0.4, -0.2) is 60.1 Å². The number of hydrogen-bond acceptors (Lipinski definition) is 8. The maximum Gasteiger partial charge on any atom is 0.469 e. The first kappa shape index (κ1) is 53.6. The second-order valence-corrected chi connectivity index (χ2v) is 17.1. The van der Waals surface area contributed by atoms with E-state index in [-0.39, 0.29) is 32.0 Å². The van der Waals surface area contributed by atoms with Crippen molar-refractivity contribution in [3.8, 4) is 5.75 Å². The summed E-state index contributed by atoms with van der Waals surface area (Å²) in [7, 11) is -4.42. The van der Waals surface area contributed by atoms with Gasteiger partial charge in [0.15, 0.2) is 0 Å². The fraction of sp³-hybridized carbons (Fsp3) is 0.804. The molecule has 0 fully saturated rings. The summed E-state index contributed by atoms with van der Waals surface area (Å²) < 4.78 is 32.0. The van der Waals surface area contributed by atoms with Crippen LogP contribution in [0.4, 0.5) is 0 Å². The molecule has 1 amide bonds. The van der Waals surface area contributed by atoms with E-state index in [9.17, 15) is 18.9 Å². The maximum atomic E-state index is 13.2. The number of esters is 2. The Labute approximate surface area is 352 Å². The van der Waals surface area contributed by atoms with Gasteiger partial charge in [-0.1, -0.05) is 162 Å². The average Bonchev–Trinajstić information content (AvgIpc) is 3.20. The molecular formula is C46H82NO10P. The zero-order valence-corrected chi connectivity index (χ0v) is 37.4. The lowest BCUT2D eigenvalue weighted by Crippen LogP contribution is -2.42. The van der Waals surface area contributed by atoms with Gasteiger partial charge in [0.05, 0.1) is 26.4 Å². The molecule has 0 spiro atoms. The Morgan fingerprint density at radius 2 is 0.948 bits per heavy atom. The molecule has 11 nitrogen and oxygen atoms in total. The van der Waals surface area contributed by atoms with Gasteiger partial charge in [-0.25, -0.2) is 9.36 Å². The summed E-state index contributed by atoms with van der Waals surface area (Å²) in [5.74, 6) is -0.776. The Bertz CT molecular complexity index is 1190. The van der Waals surface area contributed by atoms with Gasteiger partial charge in [-0.3, -0.25) is 14.1 Å². The van der Waals surface area contributed by atoms with Crippen LogP contribution in [0.5, 0.6) is 5.75 Å². The van der Waals surface area contributed by atoms with Crippen molar-refractivity contribution in [2.75, 3.05) is 26.4 Å². The van der Waals surface area contributed by atoms with Crippen LogP contribution < -0.4 is 10.1 Å². The number of phosphoric acid groups is 1. The first-order valence-corrected chi connectivity index (χ1v) is 24.7. The Morgan fingerprint density at radius 1 is 0.552 bits per heavy atom. The van der Waals surface area contributed by atoms with E-state index in [1.165, 1.54) is 116 Å². The minimum atomic E-state index is -4.42. The molecule has 0 saturated heterocycles. The van der Waals surface area contributed by atoms with E-state index in [0.717, 1.165) is 57.8 Å². The number of unbranched alkanes of at least 4 members (excludes halogenated alkanes) is 25. The number of hydrogen-bond donors (Lipinski definition) is 3. The van der Waals surface area contributed by atoms with Gasteiger partial charge >= 0.3 is 19.8 Å². The van der Waals surface area contributed by atoms with Crippen LogP contribution in [0.15, 0.2) is 24.3 Å². The fourth-order valence-electron chi connectivity index (χ4n) is 6.80. The zero-order chi connectivity index (χ0) is 42.4. The largest absolute Gasteiger partial charge is 0.494 e. The van der Waals surface area contributed by atoms with E-state index in [4.69, 9.17) is 24.0 Å². The van der Waals surface area contributed by atoms with Gasteiger partial charge in [-0.15, -0.1) is 0 Å². The van der Waals surface area contributed by atoms with Crippen molar-refractivity contribution in [3.63, 3.8) is 0 Å². The molecular weight excluding hydrogens is 757 g/mol. The monoisotopic (exact) mass is 840 g/mol. The van der Waals surface area contributed by atoms with Crippen molar-refractivity contribution < 1.29 is 47.5 Å². The highest BCUT2D eigenvalue weighted by atomic mass is 31.2. The SMILES string of the molecule is CCCCCCCCCCCCCCOC(=O)CC[C@H](NC(=O)c1ccc(OCCCCCCOP(=O)(O)O)cc1)C(=O)OCCCCCCCCCCCCCC. The van der Waals surface area contributed by atoms with Crippen molar-refractivity contribution in [1.82, 2.24) is 5.32 Å². The molecule has 0 saturated carbocycles. The first-order valence-electron chi connectivity index (χ1n) is 23.2. The average molecular weight is 840 g/mol. The van der Waals surface area contributed by atoms with E-state index in [2.05, 4.69) is 23.7 Å². The second-order valence-electron chi connectivity index (χ2n) is 15.8. The Hall–Kier alpha value is -2.46. The second kappa shape index (κ2) is 37.5. The third kappa shape index (κ3) is 33.4. The van der Waals surface area contributed by atoms with Crippen LogP contribution in [0.1, 0.15) is 217 Å². The van der Waals surface area contributed by atoms with Gasteiger partial charge in [-0.2, -0.15) is 0 Å². The summed E-state index contributed by atoms with van der Waals surface area (Å²) in [6.07, 6.45) is 32.2. The summed E-state index contributed by atoms with van der Waals surface area (Å²) in [6, 6.07) is 5.66. The van der Waals surface area contributed by atoms with Gasteiger partial charge in [-0.05, 0) is 62.8 Å². The third-order valence-corrected chi connectivity index (χ3v) is 10.9. The summed E-state index contributed by atoms with van der Waals surface area (Å²) in [5.41, 5.74) is 0.353. The molecule has 0 unspecified atom stereocenters. The Kier molecular flexibility index (Phi) is 34.7. The van der Waals surface area contributed by atoms with Crippen molar-refractivity contribution in [2.45, 2.75) is 213 Å². The maximum absolute atomic E-state index is 13.2. The number of benzene rings is 1. The molecule has 0 radical (unpaired) electrons. The number of ether oxygens (including phenoxy) is 3. The number of nitrogens with one attached hydrogen (secondary N) is 1. The van der Waals surface area contributed by atoms with Crippen LogP contribution in [0, 0.1) is 0 Å². The normalized spacial score (nSPS) is 12.0. The molecule has 3 N–H and O–H groups in total. The lowest BCUT2D eigenvalue weighted by Gasteiger charge is -2.18. The van der Waals surface area contributed by atoms with E-state index in [1.54, 1.807) is 24.3 Å². The number of carbonyl (C=O) groups is 3. The van der Waals surface area contributed by atoms with Gasteiger partial charge in [0.2, 0.25) is 0 Å². The molecule has 0 aliphatic heterocycles. The smallest absolute Gasteiger partial charge is 0.469 e.